The zero-order chi connectivity index (χ0) is 14.5. The van der Waals surface area contributed by atoms with Gasteiger partial charge in [-0.3, -0.25) is 4.72 Å². The van der Waals surface area contributed by atoms with Gasteiger partial charge < -0.3 is 5.11 Å². The SMILES string of the molecule is CCNS(=O)(=O)Nc1cc(/C=C/C(=O)O)ccc1C. The van der Waals surface area contributed by atoms with Crippen LogP contribution in [0.5, 0.6) is 0 Å². The Morgan fingerprint density at radius 3 is 2.68 bits per heavy atom. The quantitative estimate of drug-likeness (QED) is 0.687. The number of carbonyl (C=O) groups is 1. The second kappa shape index (κ2) is 6.35. The number of hydrogen-bond donors (Lipinski definition) is 3. The Balaban J connectivity index is 3.01. The molecule has 1 aromatic carbocycles. The third-order valence-corrected chi connectivity index (χ3v) is 3.42. The maximum absolute atomic E-state index is 11.6. The normalized spacial score (nSPS) is 11.7. The molecule has 104 valence electrons. The number of benzene rings is 1. The minimum absolute atomic E-state index is 0.285. The van der Waals surface area contributed by atoms with Gasteiger partial charge in [-0.15, -0.1) is 0 Å². The van der Waals surface area contributed by atoms with Crippen LogP contribution >= 0.6 is 0 Å². The molecule has 1 aromatic rings. The number of carboxylic acid groups (broad SMARTS) is 1. The predicted octanol–water partition coefficient (Wildman–Crippen LogP) is 1.36. The van der Waals surface area contributed by atoms with Crippen molar-refractivity contribution in [3.8, 4) is 0 Å². The zero-order valence-electron chi connectivity index (χ0n) is 10.7. The molecule has 0 aliphatic heterocycles. The van der Waals surface area contributed by atoms with Gasteiger partial charge in [-0.1, -0.05) is 19.1 Å². The van der Waals surface area contributed by atoms with Crippen LogP contribution in [0.2, 0.25) is 0 Å². The van der Waals surface area contributed by atoms with Crippen LogP contribution in [0.4, 0.5) is 5.69 Å². The number of anilines is 1. The molecule has 0 saturated heterocycles. The van der Waals surface area contributed by atoms with Crippen molar-refractivity contribution in [1.82, 2.24) is 4.72 Å². The van der Waals surface area contributed by atoms with Gasteiger partial charge >= 0.3 is 5.97 Å². The molecule has 0 aromatic heterocycles. The molecule has 0 bridgehead atoms. The summed E-state index contributed by atoms with van der Waals surface area (Å²) >= 11 is 0. The third kappa shape index (κ3) is 5.11. The Morgan fingerprint density at radius 1 is 1.42 bits per heavy atom. The highest BCUT2D eigenvalue weighted by molar-refractivity contribution is 7.90. The Kier molecular flexibility index (Phi) is 5.08. The minimum atomic E-state index is -3.60. The van der Waals surface area contributed by atoms with Crippen molar-refractivity contribution >= 4 is 27.9 Å². The van der Waals surface area contributed by atoms with Gasteiger partial charge in [0.05, 0.1) is 5.69 Å². The third-order valence-electron chi connectivity index (χ3n) is 2.26. The van der Waals surface area contributed by atoms with Crippen LogP contribution in [0.3, 0.4) is 0 Å². The van der Waals surface area contributed by atoms with E-state index in [0.29, 0.717) is 11.3 Å². The lowest BCUT2D eigenvalue weighted by atomic mass is 10.1. The smallest absolute Gasteiger partial charge is 0.328 e. The summed E-state index contributed by atoms with van der Waals surface area (Å²) in [6, 6.07) is 4.99. The average molecular weight is 284 g/mol. The largest absolute Gasteiger partial charge is 0.478 e. The van der Waals surface area contributed by atoms with E-state index in [-0.39, 0.29) is 6.54 Å². The van der Waals surface area contributed by atoms with E-state index in [1.165, 1.54) is 6.08 Å². The van der Waals surface area contributed by atoms with Gasteiger partial charge in [0.15, 0.2) is 0 Å². The fourth-order valence-electron chi connectivity index (χ4n) is 1.39. The maximum atomic E-state index is 11.6. The molecule has 3 N–H and O–H groups in total. The summed E-state index contributed by atoms with van der Waals surface area (Å²) in [5.41, 5.74) is 1.75. The van der Waals surface area contributed by atoms with E-state index in [4.69, 9.17) is 5.11 Å². The molecule has 0 aliphatic rings. The van der Waals surface area contributed by atoms with Crippen LogP contribution in [-0.2, 0) is 15.0 Å². The van der Waals surface area contributed by atoms with E-state index in [1.54, 1.807) is 32.0 Å². The van der Waals surface area contributed by atoms with Crippen LogP contribution in [0, 0.1) is 6.92 Å². The highest BCUT2D eigenvalue weighted by Gasteiger charge is 2.09. The number of aryl methyl sites for hydroxylation is 1. The first kappa shape index (κ1) is 15.2. The number of aliphatic carboxylic acids is 1. The lowest BCUT2D eigenvalue weighted by Gasteiger charge is -2.11. The maximum Gasteiger partial charge on any atom is 0.328 e. The number of carboxylic acids is 1. The van der Waals surface area contributed by atoms with Crippen molar-refractivity contribution in [1.29, 1.82) is 0 Å². The highest BCUT2D eigenvalue weighted by Crippen LogP contribution is 2.18. The Bertz CT molecular complexity index is 594. The lowest BCUT2D eigenvalue weighted by Crippen LogP contribution is -2.30. The molecular weight excluding hydrogens is 268 g/mol. The Labute approximate surface area is 112 Å². The summed E-state index contributed by atoms with van der Waals surface area (Å²) in [4.78, 5) is 10.4. The fraction of sp³-hybridized carbons (Fsp3) is 0.250. The first-order valence-corrected chi connectivity index (χ1v) is 7.11. The molecule has 0 fully saturated rings. The summed E-state index contributed by atoms with van der Waals surface area (Å²) in [5.74, 6) is -1.06. The second-order valence-corrected chi connectivity index (χ2v) is 5.35. The van der Waals surface area contributed by atoms with Crippen molar-refractivity contribution in [3.05, 3.63) is 35.4 Å². The number of nitrogens with one attached hydrogen (secondary N) is 2. The van der Waals surface area contributed by atoms with Gasteiger partial charge in [0.2, 0.25) is 0 Å². The van der Waals surface area contributed by atoms with E-state index >= 15 is 0 Å². The van der Waals surface area contributed by atoms with Gasteiger partial charge in [-0.2, -0.15) is 13.1 Å². The monoisotopic (exact) mass is 284 g/mol. The minimum Gasteiger partial charge on any atom is -0.478 e. The van der Waals surface area contributed by atoms with E-state index in [0.717, 1.165) is 11.6 Å². The molecule has 0 saturated carbocycles. The van der Waals surface area contributed by atoms with E-state index < -0.39 is 16.2 Å². The molecule has 0 spiro atoms. The van der Waals surface area contributed by atoms with Crippen LogP contribution < -0.4 is 9.44 Å². The average Bonchev–Trinajstić information content (AvgIpc) is 2.29. The number of hydrogen-bond acceptors (Lipinski definition) is 3. The molecule has 0 amide bonds. The predicted molar refractivity (Wildman–Crippen MR) is 74.1 cm³/mol. The number of rotatable bonds is 6. The topological polar surface area (TPSA) is 95.5 Å². The standard InChI is InChI=1S/C12H16N2O4S/c1-3-13-19(17,18)14-11-8-10(5-4-9(11)2)6-7-12(15)16/h4-8,13-14H,3H2,1-2H3,(H,15,16)/b7-6+. The summed E-state index contributed by atoms with van der Waals surface area (Å²) in [6.07, 6.45) is 2.39. The van der Waals surface area contributed by atoms with E-state index in [1.807, 2.05) is 0 Å². The van der Waals surface area contributed by atoms with Crippen molar-refractivity contribution in [2.75, 3.05) is 11.3 Å². The van der Waals surface area contributed by atoms with Crippen LogP contribution in [0.25, 0.3) is 6.08 Å². The van der Waals surface area contributed by atoms with E-state index in [9.17, 15) is 13.2 Å². The Hall–Kier alpha value is -1.86. The molecule has 0 atom stereocenters. The zero-order valence-corrected chi connectivity index (χ0v) is 11.5. The molecule has 7 heteroatoms. The van der Waals surface area contributed by atoms with Gasteiger partial charge in [0.25, 0.3) is 10.2 Å². The molecule has 0 radical (unpaired) electrons. The molecule has 0 unspecified atom stereocenters. The van der Waals surface area contributed by atoms with Crippen molar-refractivity contribution in [2.45, 2.75) is 13.8 Å². The van der Waals surface area contributed by atoms with E-state index in [2.05, 4.69) is 9.44 Å². The Morgan fingerprint density at radius 2 is 2.11 bits per heavy atom. The molecule has 0 aliphatic carbocycles. The second-order valence-electron chi connectivity index (χ2n) is 3.85. The van der Waals surface area contributed by atoms with Crippen molar-refractivity contribution in [2.24, 2.45) is 0 Å². The van der Waals surface area contributed by atoms with Gasteiger partial charge in [0.1, 0.15) is 0 Å². The highest BCUT2D eigenvalue weighted by atomic mass is 32.2. The summed E-state index contributed by atoms with van der Waals surface area (Å²) in [6.45, 7) is 3.72. The lowest BCUT2D eigenvalue weighted by molar-refractivity contribution is -0.131. The fourth-order valence-corrected chi connectivity index (χ4v) is 2.35. The van der Waals surface area contributed by atoms with Crippen molar-refractivity contribution < 1.29 is 18.3 Å². The first-order chi connectivity index (χ1) is 8.84. The summed E-state index contributed by atoms with van der Waals surface area (Å²) in [5, 5.41) is 8.55. The molecule has 1 rings (SSSR count). The molecule has 6 nitrogen and oxygen atoms in total. The molecule has 0 heterocycles. The van der Waals surface area contributed by atoms with Crippen LogP contribution in [-0.4, -0.2) is 26.0 Å². The van der Waals surface area contributed by atoms with Crippen LogP contribution in [0.15, 0.2) is 24.3 Å². The van der Waals surface area contributed by atoms with Gasteiger partial charge in [-0.05, 0) is 30.2 Å². The summed E-state index contributed by atoms with van der Waals surface area (Å²) < 4.78 is 27.9. The molecular formula is C12H16N2O4S. The first-order valence-electron chi connectivity index (χ1n) is 5.63. The van der Waals surface area contributed by atoms with Crippen molar-refractivity contribution in [3.63, 3.8) is 0 Å². The van der Waals surface area contributed by atoms with Gasteiger partial charge in [-0.25, -0.2) is 4.79 Å². The van der Waals surface area contributed by atoms with Crippen LogP contribution in [0.1, 0.15) is 18.1 Å². The van der Waals surface area contributed by atoms with Gasteiger partial charge in [0, 0.05) is 12.6 Å². The summed E-state index contributed by atoms with van der Waals surface area (Å²) in [7, 11) is -3.60. The molecule has 19 heavy (non-hydrogen) atoms.